The summed E-state index contributed by atoms with van der Waals surface area (Å²) < 4.78 is 5.10. The number of hydrogen-bond acceptors (Lipinski definition) is 4. The van der Waals surface area contributed by atoms with Crippen molar-refractivity contribution in [1.82, 2.24) is 5.16 Å². The molecule has 1 heterocycles. The Labute approximate surface area is 115 Å². The Morgan fingerprint density at radius 1 is 1.32 bits per heavy atom. The zero-order valence-electron chi connectivity index (χ0n) is 10.8. The molecule has 19 heavy (non-hydrogen) atoms. The van der Waals surface area contributed by atoms with Crippen LogP contribution in [0.1, 0.15) is 32.9 Å². The molecule has 0 aliphatic rings. The second kappa shape index (κ2) is 5.93. The molecule has 1 aromatic carbocycles. The highest BCUT2D eigenvalue weighted by atomic mass is 32.2. The SMILES string of the molecule is Cc1noc(C)c1CSCc1ccccc1C(=O)O. The molecular formula is C14H15NO3S. The lowest BCUT2D eigenvalue weighted by Gasteiger charge is -2.05. The van der Waals surface area contributed by atoms with Crippen molar-refractivity contribution < 1.29 is 14.4 Å². The highest BCUT2D eigenvalue weighted by Crippen LogP contribution is 2.23. The first-order valence-corrected chi connectivity index (χ1v) is 7.05. The van der Waals surface area contributed by atoms with Gasteiger partial charge in [0.2, 0.25) is 0 Å². The Balaban J connectivity index is 2.02. The van der Waals surface area contributed by atoms with Gasteiger partial charge >= 0.3 is 5.97 Å². The summed E-state index contributed by atoms with van der Waals surface area (Å²) in [6.45, 7) is 3.80. The van der Waals surface area contributed by atoms with Crippen LogP contribution < -0.4 is 0 Å². The molecule has 5 heteroatoms. The van der Waals surface area contributed by atoms with Crippen molar-refractivity contribution in [2.24, 2.45) is 0 Å². The molecule has 0 aliphatic heterocycles. The Hall–Kier alpha value is -1.75. The van der Waals surface area contributed by atoms with E-state index in [1.54, 1.807) is 23.9 Å². The second-order valence-electron chi connectivity index (χ2n) is 4.26. The van der Waals surface area contributed by atoms with Crippen LogP contribution in [0, 0.1) is 13.8 Å². The molecule has 100 valence electrons. The molecule has 0 fully saturated rings. The van der Waals surface area contributed by atoms with Crippen LogP contribution in [0.4, 0.5) is 0 Å². The molecule has 4 nitrogen and oxygen atoms in total. The third-order valence-corrected chi connectivity index (χ3v) is 3.94. The van der Waals surface area contributed by atoms with Crippen LogP contribution in [0.5, 0.6) is 0 Å². The van der Waals surface area contributed by atoms with E-state index in [-0.39, 0.29) is 0 Å². The van der Waals surface area contributed by atoms with Crippen molar-refractivity contribution in [1.29, 1.82) is 0 Å². The summed E-state index contributed by atoms with van der Waals surface area (Å²) in [5.41, 5.74) is 3.20. The van der Waals surface area contributed by atoms with Gasteiger partial charge in [0, 0.05) is 17.1 Å². The summed E-state index contributed by atoms with van der Waals surface area (Å²) in [6.07, 6.45) is 0. The third-order valence-electron chi connectivity index (χ3n) is 2.93. The van der Waals surface area contributed by atoms with Crippen LogP contribution in [0.15, 0.2) is 28.8 Å². The van der Waals surface area contributed by atoms with Crippen LogP contribution >= 0.6 is 11.8 Å². The third kappa shape index (κ3) is 3.17. The predicted octanol–water partition coefficient (Wildman–Crippen LogP) is 3.42. The number of rotatable bonds is 5. The van der Waals surface area contributed by atoms with Gasteiger partial charge in [-0.25, -0.2) is 4.79 Å². The molecule has 2 aromatic rings. The number of nitrogens with zero attached hydrogens (tertiary/aromatic N) is 1. The Morgan fingerprint density at radius 3 is 2.68 bits per heavy atom. The fourth-order valence-electron chi connectivity index (χ4n) is 1.83. The maximum Gasteiger partial charge on any atom is 0.335 e. The van der Waals surface area contributed by atoms with Crippen LogP contribution in [0.3, 0.4) is 0 Å². The summed E-state index contributed by atoms with van der Waals surface area (Å²) in [4.78, 5) is 11.1. The van der Waals surface area contributed by atoms with E-state index in [0.29, 0.717) is 11.3 Å². The van der Waals surface area contributed by atoms with E-state index >= 15 is 0 Å². The fraction of sp³-hybridized carbons (Fsp3) is 0.286. The maximum atomic E-state index is 11.1. The normalized spacial score (nSPS) is 10.6. The quantitative estimate of drug-likeness (QED) is 0.907. The first-order valence-electron chi connectivity index (χ1n) is 5.90. The largest absolute Gasteiger partial charge is 0.478 e. The summed E-state index contributed by atoms with van der Waals surface area (Å²) in [7, 11) is 0. The average molecular weight is 277 g/mol. The summed E-state index contributed by atoms with van der Waals surface area (Å²) in [5, 5.41) is 13.0. The van der Waals surface area contributed by atoms with Crippen LogP contribution in [-0.4, -0.2) is 16.2 Å². The minimum absolute atomic E-state index is 0.369. The number of carboxylic acids is 1. The number of carboxylic acid groups (broad SMARTS) is 1. The van der Waals surface area contributed by atoms with Gasteiger partial charge in [0.25, 0.3) is 0 Å². The van der Waals surface area contributed by atoms with Gasteiger partial charge in [-0.2, -0.15) is 11.8 Å². The standard InChI is InChI=1S/C14H15NO3S/c1-9-13(10(2)18-15-9)8-19-7-11-5-3-4-6-12(11)14(16)17/h3-6H,7-8H2,1-2H3,(H,16,17). The molecular weight excluding hydrogens is 262 g/mol. The molecule has 0 aliphatic carbocycles. The van der Waals surface area contributed by atoms with E-state index in [9.17, 15) is 4.79 Å². The van der Waals surface area contributed by atoms with Gasteiger partial charge in [-0.05, 0) is 25.5 Å². The van der Waals surface area contributed by atoms with E-state index in [2.05, 4.69) is 5.16 Å². The van der Waals surface area contributed by atoms with Gasteiger partial charge in [0.1, 0.15) is 5.76 Å². The van der Waals surface area contributed by atoms with Crippen molar-refractivity contribution >= 4 is 17.7 Å². The highest BCUT2D eigenvalue weighted by molar-refractivity contribution is 7.97. The monoisotopic (exact) mass is 277 g/mol. The van der Waals surface area contributed by atoms with Crippen LogP contribution in [0.25, 0.3) is 0 Å². The molecule has 0 radical (unpaired) electrons. The molecule has 0 saturated carbocycles. The topological polar surface area (TPSA) is 63.3 Å². The smallest absolute Gasteiger partial charge is 0.335 e. The minimum atomic E-state index is -0.881. The van der Waals surface area contributed by atoms with E-state index in [1.165, 1.54) is 0 Å². The molecule has 0 bridgehead atoms. The average Bonchev–Trinajstić information content (AvgIpc) is 2.70. The van der Waals surface area contributed by atoms with Crippen LogP contribution in [0.2, 0.25) is 0 Å². The summed E-state index contributed by atoms with van der Waals surface area (Å²) >= 11 is 1.66. The Bertz CT molecular complexity index is 573. The Kier molecular flexibility index (Phi) is 4.27. The number of aryl methyl sites for hydroxylation is 2. The maximum absolute atomic E-state index is 11.1. The summed E-state index contributed by atoms with van der Waals surface area (Å²) in [6, 6.07) is 7.09. The van der Waals surface area contributed by atoms with Crippen molar-refractivity contribution in [2.75, 3.05) is 0 Å². The molecule has 0 spiro atoms. The number of benzene rings is 1. The van der Waals surface area contributed by atoms with E-state index in [4.69, 9.17) is 9.63 Å². The van der Waals surface area contributed by atoms with E-state index < -0.39 is 5.97 Å². The Morgan fingerprint density at radius 2 is 2.05 bits per heavy atom. The van der Waals surface area contributed by atoms with Gasteiger partial charge in [0.05, 0.1) is 11.3 Å². The van der Waals surface area contributed by atoms with Crippen molar-refractivity contribution in [2.45, 2.75) is 25.4 Å². The number of thioether (sulfide) groups is 1. The van der Waals surface area contributed by atoms with Crippen molar-refractivity contribution in [3.8, 4) is 0 Å². The number of aromatic carboxylic acids is 1. The fourth-order valence-corrected chi connectivity index (χ4v) is 3.02. The van der Waals surface area contributed by atoms with E-state index in [0.717, 1.165) is 28.3 Å². The first-order chi connectivity index (χ1) is 9.09. The van der Waals surface area contributed by atoms with Gasteiger partial charge in [-0.3, -0.25) is 0 Å². The molecule has 0 saturated heterocycles. The molecule has 1 aromatic heterocycles. The highest BCUT2D eigenvalue weighted by Gasteiger charge is 2.11. The molecule has 0 unspecified atom stereocenters. The summed E-state index contributed by atoms with van der Waals surface area (Å²) in [5.74, 6) is 1.38. The van der Waals surface area contributed by atoms with Crippen molar-refractivity contribution in [3.63, 3.8) is 0 Å². The lowest BCUT2D eigenvalue weighted by Crippen LogP contribution is -2.01. The molecule has 0 amide bonds. The lowest BCUT2D eigenvalue weighted by atomic mass is 10.1. The number of aromatic nitrogens is 1. The first kappa shape index (κ1) is 13.7. The number of hydrogen-bond donors (Lipinski definition) is 1. The van der Waals surface area contributed by atoms with Gasteiger partial charge < -0.3 is 9.63 Å². The molecule has 0 atom stereocenters. The minimum Gasteiger partial charge on any atom is -0.478 e. The zero-order chi connectivity index (χ0) is 13.8. The van der Waals surface area contributed by atoms with Crippen LogP contribution in [-0.2, 0) is 11.5 Å². The molecule has 2 rings (SSSR count). The van der Waals surface area contributed by atoms with Gasteiger partial charge in [-0.15, -0.1) is 0 Å². The van der Waals surface area contributed by atoms with Gasteiger partial charge in [-0.1, -0.05) is 23.4 Å². The molecule has 1 N–H and O–H groups in total. The number of carbonyl (C=O) groups is 1. The zero-order valence-corrected chi connectivity index (χ0v) is 11.7. The van der Waals surface area contributed by atoms with Gasteiger partial charge in [0.15, 0.2) is 0 Å². The predicted molar refractivity (Wildman–Crippen MR) is 74.4 cm³/mol. The lowest BCUT2D eigenvalue weighted by molar-refractivity contribution is 0.0696. The second-order valence-corrected chi connectivity index (χ2v) is 5.24. The van der Waals surface area contributed by atoms with Crippen molar-refractivity contribution in [3.05, 3.63) is 52.4 Å². The van der Waals surface area contributed by atoms with E-state index in [1.807, 2.05) is 26.0 Å².